The maximum absolute atomic E-state index is 12.6. The smallest absolute Gasteiger partial charge is 0.276 e. The third kappa shape index (κ3) is 5.14. The maximum Gasteiger partial charge on any atom is 0.276 e. The van der Waals surface area contributed by atoms with E-state index in [1.807, 2.05) is 6.07 Å². The molecule has 0 bridgehead atoms. The second-order valence-corrected chi connectivity index (χ2v) is 6.47. The van der Waals surface area contributed by atoms with E-state index in [1.165, 1.54) is 35.0 Å². The summed E-state index contributed by atoms with van der Waals surface area (Å²) in [7, 11) is 0. The van der Waals surface area contributed by atoms with Crippen molar-refractivity contribution < 1.29 is 9.72 Å². The largest absolute Gasteiger partial charge is 0.310 e. The van der Waals surface area contributed by atoms with Gasteiger partial charge in [0.2, 0.25) is 0 Å². The molecule has 146 valence electrons. The molecule has 3 rings (SSSR count). The highest BCUT2D eigenvalue weighted by Crippen LogP contribution is 2.12. The summed E-state index contributed by atoms with van der Waals surface area (Å²) in [5.41, 5.74) is 2.87. The van der Waals surface area contributed by atoms with E-state index < -0.39 is 16.4 Å². The van der Waals surface area contributed by atoms with E-state index in [-0.39, 0.29) is 17.8 Å². The van der Waals surface area contributed by atoms with Gasteiger partial charge in [-0.15, -0.1) is 0 Å². The minimum absolute atomic E-state index is 0.0780. The number of hydrogen-bond acceptors (Lipinski definition) is 5. The molecule has 0 aliphatic carbocycles. The molecule has 3 aromatic rings. The molecular formula is C20H15ClN4O4. The van der Waals surface area contributed by atoms with Crippen LogP contribution in [0.1, 0.15) is 21.5 Å². The molecule has 8 nitrogen and oxygen atoms in total. The first kappa shape index (κ1) is 20.0. The number of benzene rings is 2. The Morgan fingerprint density at radius 3 is 2.72 bits per heavy atom. The van der Waals surface area contributed by atoms with Gasteiger partial charge in [0, 0.05) is 28.9 Å². The van der Waals surface area contributed by atoms with Crippen LogP contribution in [0.15, 0.2) is 76.8 Å². The van der Waals surface area contributed by atoms with Crippen LogP contribution in [-0.4, -0.2) is 21.6 Å². The average Bonchev–Trinajstić information content (AvgIpc) is 2.70. The van der Waals surface area contributed by atoms with Crippen molar-refractivity contribution >= 4 is 29.4 Å². The first-order chi connectivity index (χ1) is 13.9. The van der Waals surface area contributed by atoms with Gasteiger partial charge in [-0.25, -0.2) is 5.43 Å². The quantitative estimate of drug-likeness (QED) is 0.382. The van der Waals surface area contributed by atoms with Crippen LogP contribution in [-0.2, 0) is 6.54 Å². The van der Waals surface area contributed by atoms with Crippen molar-refractivity contribution in [1.82, 2.24) is 9.99 Å². The Morgan fingerprint density at radius 2 is 1.97 bits per heavy atom. The number of pyridine rings is 1. The zero-order valence-electron chi connectivity index (χ0n) is 15.0. The topological polar surface area (TPSA) is 107 Å². The SMILES string of the molecule is O=C(N/N=C\c1cccc([N+](=O)[O-])c1)c1cccn(Cc2cccc(Cl)c2)c1=O. The lowest BCUT2D eigenvalue weighted by molar-refractivity contribution is -0.384. The highest BCUT2D eigenvalue weighted by molar-refractivity contribution is 6.30. The maximum atomic E-state index is 12.6. The van der Waals surface area contributed by atoms with Crippen molar-refractivity contribution in [1.29, 1.82) is 0 Å². The van der Waals surface area contributed by atoms with Gasteiger partial charge in [0.25, 0.3) is 17.2 Å². The summed E-state index contributed by atoms with van der Waals surface area (Å²) >= 11 is 5.96. The number of nitrogens with one attached hydrogen (secondary N) is 1. The molecule has 1 amide bonds. The Balaban J connectivity index is 1.73. The summed E-state index contributed by atoms with van der Waals surface area (Å²) in [6.45, 7) is 0.261. The first-order valence-electron chi connectivity index (χ1n) is 8.46. The third-order valence-corrected chi connectivity index (χ3v) is 4.20. The Morgan fingerprint density at radius 1 is 1.17 bits per heavy atom. The third-order valence-electron chi connectivity index (χ3n) is 3.97. The van der Waals surface area contributed by atoms with Crippen LogP contribution in [0.2, 0.25) is 5.02 Å². The Labute approximate surface area is 170 Å². The standard InChI is InChI=1S/C20H15ClN4O4/c21-16-6-1-5-15(10-16)13-24-9-3-8-18(20(24)27)19(26)23-22-12-14-4-2-7-17(11-14)25(28)29/h1-12H,13H2,(H,23,26)/b22-12-. The second kappa shape index (κ2) is 8.94. The minimum atomic E-state index is -0.683. The molecule has 2 aromatic carbocycles. The highest BCUT2D eigenvalue weighted by atomic mass is 35.5. The fraction of sp³-hybridized carbons (Fsp3) is 0.0500. The molecule has 1 heterocycles. The zero-order chi connectivity index (χ0) is 20.8. The Hall–Kier alpha value is -3.78. The van der Waals surface area contributed by atoms with E-state index in [9.17, 15) is 19.7 Å². The van der Waals surface area contributed by atoms with Crippen molar-refractivity contribution in [2.45, 2.75) is 6.54 Å². The number of carbonyl (C=O) groups is 1. The summed E-state index contributed by atoms with van der Waals surface area (Å²) in [5.74, 6) is -0.683. The number of nitro groups is 1. The molecule has 1 N–H and O–H groups in total. The van der Waals surface area contributed by atoms with Crippen LogP contribution in [0.4, 0.5) is 5.69 Å². The molecule has 1 aromatic heterocycles. The molecule has 0 radical (unpaired) electrons. The minimum Gasteiger partial charge on any atom is -0.310 e. The number of halogens is 1. The highest BCUT2D eigenvalue weighted by Gasteiger charge is 2.12. The number of non-ortho nitro benzene ring substituents is 1. The number of hydrazone groups is 1. The Kier molecular flexibility index (Phi) is 6.16. The molecule has 0 atom stereocenters. The van der Waals surface area contributed by atoms with Crippen LogP contribution in [0.25, 0.3) is 0 Å². The van der Waals surface area contributed by atoms with Gasteiger partial charge >= 0.3 is 0 Å². The summed E-state index contributed by atoms with van der Waals surface area (Å²) in [6.07, 6.45) is 2.84. The van der Waals surface area contributed by atoms with Crippen LogP contribution in [0.3, 0.4) is 0 Å². The monoisotopic (exact) mass is 410 g/mol. The van der Waals surface area contributed by atoms with Gasteiger partial charge in [0.15, 0.2) is 0 Å². The van der Waals surface area contributed by atoms with Crippen molar-refractivity contribution in [2.75, 3.05) is 0 Å². The second-order valence-electron chi connectivity index (χ2n) is 6.04. The van der Waals surface area contributed by atoms with E-state index in [1.54, 1.807) is 36.5 Å². The number of rotatable bonds is 6. The first-order valence-corrected chi connectivity index (χ1v) is 8.83. The fourth-order valence-corrected chi connectivity index (χ4v) is 2.82. The molecule has 0 unspecified atom stereocenters. The van der Waals surface area contributed by atoms with E-state index in [2.05, 4.69) is 10.5 Å². The van der Waals surface area contributed by atoms with Crippen LogP contribution in [0.5, 0.6) is 0 Å². The Bertz CT molecular complexity index is 1160. The molecular weight excluding hydrogens is 396 g/mol. The van der Waals surface area contributed by atoms with Crippen molar-refractivity contribution in [3.05, 3.63) is 109 Å². The lowest BCUT2D eigenvalue weighted by atomic mass is 10.2. The van der Waals surface area contributed by atoms with Gasteiger partial charge in [-0.3, -0.25) is 19.7 Å². The summed E-state index contributed by atoms with van der Waals surface area (Å²) in [6, 6.07) is 15.8. The summed E-state index contributed by atoms with van der Waals surface area (Å²) < 4.78 is 1.39. The molecule has 29 heavy (non-hydrogen) atoms. The lowest BCUT2D eigenvalue weighted by Crippen LogP contribution is -2.30. The molecule has 0 spiro atoms. The van der Waals surface area contributed by atoms with Gasteiger partial charge in [0.1, 0.15) is 5.56 Å². The van der Waals surface area contributed by atoms with Crippen molar-refractivity contribution in [3.63, 3.8) is 0 Å². The molecule has 0 saturated heterocycles. The summed E-state index contributed by atoms with van der Waals surface area (Å²) in [5, 5.41) is 15.1. The number of nitro benzene ring substituents is 1. The van der Waals surface area contributed by atoms with E-state index in [4.69, 9.17) is 11.6 Å². The predicted molar refractivity (Wildman–Crippen MR) is 109 cm³/mol. The van der Waals surface area contributed by atoms with E-state index >= 15 is 0 Å². The number of aromatic nitrogens is 1. The molecule has 0 saturated carbocycles. The fourth-order valence-electron chi connectivity index (χ4n) is 2.61. The van der Waals surface area contributed by atoms with Gasteiger partial charge in [0.05, 0.1) is 17.7 Å². The van der Waals surface area contributed by atoms with Crippen LogP contribution < -0.4 is 11.0 Å². The van der Waals surface area contributed by atoms with E-state index in [0.29, 0.717) is 10.6 Å². The van der Waals surface area contributed by atoms with Gasteiger partial charge in [-0.2, -0.15) is 5.10 Å². The molecule has 0 fully saturated rings. The van der Waals surface area contributed by atoms with Crippen molar-refractivity contribution in [3.8, 4) is 0 Å². The van der Waals surface area contributed by atoms with E-state index in [0.717, 1.165) is 5.56 Å². The number of carbonyl (C=O) groups excluding carboxylic acids is 1. The number of hydrogen-bond donors (Lipinski definition) is 1. The average molecular weight is 411 g/mol. The van der Waals surface area contributed by atoms with Crippen LogP contribution >= 0.6 is 11.6 Å². The molecule has 0 aliphatic heterocycles. The van der Waals surface area contributed by atoms with Gasteiger partial charge in [-0.05, 0) is 29.8 Å². The van der Waals surface area contributed by atoms with Crippen molar-refractivity contribution in [2.24, 2.45) is 5.10 Å². The van der Waals surface area contributed by atoms with Crippen LogP contribution in [0, 0.1) is 10.1 Å². The zero-order valence-corrected chi connectivity index (χ0v) is 15.7. The number of nitrogens with zero attached hydrogens (tertiary/aromatic N) is 3. The van der Waals surface area contributed by atoms with Gasteiger partial charge < -0.3 is 4.57 Å². The lowest BCUT2D eigenvalue weighted by Gasteiger charge is -2.08. The predicted octanol–water partition coefficient (Wildman–Crippen LogP) is 3.22. The summed E-state index contributed by atoms with van der Waals surface area (Å²) in [4.78, 5) is 35.2. The van der Waals surface area contributed by atoms with Gasteiger partial charge in [-0.1, -0.05) is 35.9 Å². The molecule has 9 heteroatoms. The molecule has 0 aliphatic rings. The normalized spacial score (nSPS) is 10.8. The number of amides is 1.